The molecule has 0 aliphatic carbocycles. The second kappa shape index (κ2) is 12.3. The summed E-state index contributed by atoms with van der Waals surface area (Å²) in [4.78, 5) is 29.5. The molecule has 0 saturated carbocycles. The van der Waals surface area contributed by atoms with Crippen LogP contribution in [0.1, 0.15) is 31.9 Å². The summed E-state index contributed by atoms with van der Waals surface area (Å²) in [5, 5.41) is 18.7. The van der Waals surface area contributed by atoms with Crippen molar-refractivity contribution in [2.45, 2.75) is 31.9 Å². The molecule has 2 heterocycles. The number of carboxylic acid groups (broad SMARTS) is 1. The molecule has 5 aromatic rings. The number of hydrogen-bond donors (Lipinski definition) is 3. The first-order valence-corrected chi connectivity index (χ1v) is 16.0. The molecule has 0 unspecified atom stereocenters. The summed E-state index contributed by atoms with van der Waals surface area (Å²) in [6, 6.07) is 19.6. The van der Waals surface area contributed by atoms with Crippen molar-refractivity contribution in [3.63, 3.8) is 0 Å². The van der Waals surface area contributed by atoms with Gasteiger partial charge >= 0.3 is 6.09 Å². The van der Waals surface area contributed by atoms with Crippen molar-refractivity contribution in [2.75, 3.05) is 29.3 Å². The molecule has 0 spiro atoms. The zero-order valence-electron chi connectivity index (χ0n) is 26.4. The molecule has 5 rings (SSSR count). The Balaban J connectivity index is 1.44. The van der Waals surface area contributed by atoms with Crippen molar-refractivity contribution in [3.05, 3.63) is 84.1 Å². The van der Waals surface area contributed by atoms with Crippen molar-refractivity contribution in [1.82, 2.24) is 19.5 Å². The molecule has 0 bridgehead atoms. The molecule has 1 amide bonds. The van der Waals surface area contributed by atoms with Crippen molar-refractivity contribution < 1.29 is 23.1 Å². The number of aryl methyl sites for hydroxylation is 1. The number of nitrogens with one attached hydrogen (secondary N) is 1. The number of aromatic nitrogens is 4. The van der Waals surface area contributed by atoms with Crippen LogP contribution in [0.5, 0.6) is 5.75 Å². The highest BCUT2D eigenvalue weighted by Crippen LogP contribution is 2.39. The lowest BCUT2D eigenvalue weighted by molar-refractivity contribution is 0.204. The Kier molecular flexibility index (Phi) is 8.60. The number of nitrogens with zero attached hydrogens (tertiary/aromatic N) is 6. The van der Waals surface area contributed by atoms with Gasteiger partial charge in [-0.3, -0.25) is 0 Å². The number of imidazole rings is 1. The number of amides is 1. The summed E-state index contributed by atoms with van der Waals surface area (Å²) in [5.41, 5.74) is 4.30. The fraction of sp³-hybridized carbons (Fsp3) is 0.250. The Morgan fingerprint density at radius 1 is 1.04 bits per heavy atom. The Hall–Kier alpha value is -5.21. The molecule has 0 radical (unpaired) electrons. The molecular weight excluding hydrogens is 608 g/mol. The topological polar surface area (TPSA) is 169 Å². The average molecular weight is 645 g/mol. The third kappa shape index (κ3) is 6.87. The number of ether oxygens (including phenoxy) is 1. The Bertz CT molecular complexity index is 2020. The maximum atomic E-state index is 12.7. The van der Waals surface area contributed by atoms with Gasteiger partial charge in [0.25, 0.3) is 0 Å². The number of primary sulfonamides is 1. The number of benzene rings is 3. The van der Waals surface area contributed by atoms with E-state index in [0.717, 1.165) is 16.8 Å². The normalized spacial score (nSPS) is 11.8. The van der Waals surface area contributed by atoms with Crippen LogP contribution < -0.4 is 25.0 Å². The minimum atomic E-state index is -3.63. The predicted octanol–water partition coefficient (Wildman–Crippen LogP) is 5.79. The third-order valence-electron chi connectivity index (χ3n) is 7.43. The molecule has 0 fully saturated rings. The lowest BCUT2D eigenvalue weighted by Crippen LogP contribution is -2.29. The van der Waals surface area contributed by atoms with Crippen LogP contribution in [0, 0.1) is 0 Å². The van der Waals surface area contributed by atoms with E-state index in [4.69, 9.17) is 14.9 Å². The molecule has 0 saturated heterocycles. The average Bonchev–Trinajstić information content (AvgIpc) is 3.31. The van der Waals surface area contributed by atoms with Crippen LogP contribution in [-0.2, 0) is 28.2 Å². The first-order chi connectivity index (χ1) is 21.6. The van der Waals surface area contributed by atoms with E-state index in [1.807, 2.05) is 57.0 Å². The molecule has 240 valence electrons. The predicted molar refractivity (Wildman–Crippen MR) is 179 cm³/mol. The van der Waals surface area contributed by atoms with Crippen molar-refractivity contribution in [3.8, 4) is 5.75 Å². The summed E-state index contributed by atoms with van der Waals surface area (Å²) >= 11 is 0. The van der Waals surface area contributed by atoms with Gasteiger partial charge in [0.2, 0.25) is 21.9 Å². The third-order valence-corrected chi connectivity index (χ3v) is 8.17. The van der Waals surface area contributed by atoms with Gasteiger partial charge in [0.05, 0.1) is 29.6 Å². The van der Waals surface area contributed by atoms with Gasteiger partial charge in [-0.1, -0.05) is 32.9 Å². The zero-order valence-corrected chi connectivity index (χ0v) is 27.2. The Labute approximate surface area is 267 Å². The lowest BCUT2D eigenvalue weighted by Gasteiger charge is -2.28. The second-order valence-electron chi connectivity index (χ2n) is 11.8. The quantitative estimate of drug-likeness (QED) is 0.179. The molecule has 0 aliphatic heterocycles. The maximum absolute atomic E-state index is 12.7. The van der Waals surface area contributed by atoms with Crippen LogP contribution in [0.2, 0.25) is 0 Å². The molecule has 2 aromatic heterocycles. The fourth-order valence-electron chi connectivity index (χ4n) is 5.09. The number of carbonyl (C=O) groups is 1. The van der Waals surface area contributed by atoms with Gasteiger partial charge in [0.1, 0.15) is 11.6 Å². The summed E-state index contributed by atoms with van der Waals surface area (Å²) in [7, 11) is 1.60. The lowest BCUT2D eigenvalue weighted by atomic mass is 9.85. The van der Waals surface area contributed by atoms with Gasteiger partial charge in [-0.25, -0.2) is 33.2 Å². The number of fused-ring (bicyclic) bond motifs is 1. The number of sulfonamides is 1. The van der Waals surface area contributed by atoms with Crippen molar-refractivity contribution in [1.29, 1.82) is 0 Å². The van der Waals surface area contributed by atoms with E-state index in [0.29, 0.717) is 40.0 Å². The molecule has 13 nitrogen and oxygen atoms in total. The number of hydrogen-bond acceptors (Lipinski definition) is 9. The summed E-state index contributed by atoms with van der Waals surface area (Å²) in [6.07, 6.45) is 0.465. The molecule has 14 heteroatoms. The molecule has 46 heavy (non-hydrogen) atoms. The summed E-state index contributed by atoms with van der Waals surface area (Å²) < 4.78 is 29.9. The highest BCUT2D eigenvalue weighted by atomic mass is 32.2. The SMILES string of the molecule is COc1ccc(N(C(=O)O)c2nc3cc(N(C)c4ccnc(Nc5ccc(CS(N)(=O)=O)cc5)n4)ccc3n2C)c(C(C)(C)C)c1. The van der Waals surface area contributed by atoms with Crippen LogP contribution in [0.4, 0.5) is 39.6 Å². The first-order valence-electron chi connectivity index (χ1n) is 14.3. The van der Waals surface area contributed by atoms with E-state index in [1.54, 1.807) is 67.4 Å². The number of nitrogens with two attached hydrogens (primary N) is 1. The minimum absolute atomic E-state index is 0.250. The van der Waals surface area contributed by atoms with Crippen LogP contribution in [0.15, 0.2) is 72.9 Å². The highest BCUT2D eigenvalue weighted by Gasteiger charge is 2.29. The van der Waals surface area contributed by atoms with Gasteiger partial charge in [0.15, 0.2) is 0 Å². The number of rotatable bonds is 9. The van der Waals surface area contributed by atoms with E-state index in [9.17, 15) is 18.3 Å². The van der Waals surface area contributed by atoms with E-state index in [-0.39, 0.29) is 17.1 Å². The van der Waals surface area contributed by atoms with Gasteiger partial charge in [-0.15, -0.1) is 0 Å². The molecule has 0 atom stereocenters. The van der Waals surface area contributed by atoms with E-state index >= 15 is 0 Å². The summed E-state index contributed by atoms with van der Waals surface area (Å²) in [6.45, 7) is 6.05. The Morgan fingerprint density at radius 2 is 1.76 bits per heavy atom. The van der Waals surface area contributed by atoms with Crippen molar-refractivity contribution in [2.24, 2.45) is 12.2 Å². The number of methoxy groups -OCH3 is 1. The van der Waals surface area contributed by atoms with Gasteiger partial charge in [0, 0.05) is 31.7 Å². The first kappa shape index (κ1) is 32.2. The van der Waals surface area contributed by atoms with E-state index < -0.39 is 16.1 Å². The largest absolute Gasteiger partial charge is 0.497 e. The molecule has 4 N–H and O–H groups in total. The van der Waals surface area contributed by atoms with Crippen LogP contribution in [0.3, 0.4) is 0 Å². The molecular formula is C32H36N8O5S. The number of anilines is 6. The van der Waals surface area contributed by atoms with E-state index in [1.165, 1.54) is 4.90 Å². The second-order valence-corrected chi connectivity index (χ2v) is 13.4. The molecule has 3 aromatic carbocycles. The van der Waals surface area contributed by atoms with E-state index in [2.05, 4.69) is 15.3 Å². The zero-order chi connectivity index (χ0) is 33.4. The fourth-order valence-corrected chi connectivity index (χ4v) is 5.75. The Morgan fingerprint density at radius 3 is 2.39 bits per heavy atom. The maximum Gasteiger partial charge on any atom is 0.418 e. The minimum Gasteiger partial charge on any atom is -0.497 e. The van der Waals surface area contributed by atoms with Crippen LogP contribution >= 0.6 is 0 Å². The molecule has 0 aliphatic rings. The summed E-state index contributed by atoms with van der Waals surface area (Å²) in [5.74, 6) is 1.58. The van der Waals surface area contributed by atoms with Crippen LogP contribution in [0.25, 0.3) is 11.0 Å². The van der Waals surface area contributed by atoms with Crippen molar-refractivity contribution >= 4 is 61.9 Å². The van der Waals surface area contributed by atoms with Crippen LogP contribution in [-0.4, -0.2) is 53.3 Å². The monoisotopic (exact) mass is 644 g/mol. The van der Waals surface area contributed by atoms with Gasteiger partial charge < -0.3 is 24.6 Å². The smallest absolute Gasteiger partial charge is 0.418 e. The standard InChI is InChI=1S/C32H36N8O5S/c1-32(2,3)24-18-23(45-6)12-14-26(24)40(31(41)42)30-36-25-17-22(11-13-27(25)39(30)5)38(4)28-15-16-34-29(37-28)35-21-9-7-20(8-10-21)19-46(33,43)44/h7-18H,19H2,1-6H3,(H,41,42)(H2,33,43,44)(H,34,35,37). The van der Waals surface area contributed by atoms with Gasteiger partial charge in [-0.2, -0.15) is 4.98 Å². The highest BCUT2D eigenvalue weighted by molar-refractivity contribution is 7.88. The van der Waals surface area contributed by atoms with Gasteiger partial charge in [-0.05, 0) is 71.1 Å².